The Bertz CT molecular complexity index is 533. The number of hydrogen-bond donors (Lipinski definition) is 3. The highest BCUT2D eigenvalue weighted by atomic mass is 79.9. The molecular formula is C15H21BrClN3O3. The van der Waals surface area contributed by atoms with Crippen LogP contribution in [0.15, 0.2) is 28.7 Å². The second-order valence-corrected chi connectivity index (χ2v) is 6.15. The highest BCUT2D eigenvalue weighted by Gasteiger charge is 2.35. The lowest BCUT2D eigenvalue weighted by Gasteiger charge is -2.38. The number of rotatable bonds is 5. The van der Waals surface area contributed by atoms with E-state index in [2.05, 4.69) is 26.6 Å². The summed E-state index contributed by atoms with van der Waals surface area (Å²) in [7, 11) is 0. The van der Waals surface area contributed by atoms with E-state index in [1.54, 1.807) is 0 Å². The summed E-state index contributed by atoms with van der Waals surface area (Å²) in [6, 6.07) is 7.89. The molecule has 0 unspecified atom stereocenters. The van der Waals surface area contributed by atoms with E-state index in [4.69, 9.17) is 10.5 Å². The van der Waals surface area contributed by atoms with Crippen LogP contribution in [-0.2, 0) is 19.9 Å². The molecule has 4 N–H and O–H groups in total. The molecule has 0 saturated carbocycles. The Morgan fingerprint density at radius 1 is 1.17 bits per heavy atom. The molecule has 0 aliphatic carbocycles. The number of nitrogens with one attached hydrogen (secondary N) is 2. The van der Waals surface area contributed by atoms with Gasteiger partial charge in [-0.15, -0.1) is 12.4 Å². The van der Waals surface area contributed by atoms with Crippen molar-refractivity contribution in [2.75, 3.05) is 26.3 Å². The molecule has 128 valence electrons. The third-order valence-electron chi connectivity index (χ3n) is 3.75. The van der Waals surface area contributed by atoms with Crippen molar-refractivity contribution in [3.63, 3.8) is 0 Å². The van der Waals surface area contributed by atoms with Gasteiger partial charge in [-0.2, -0.15) is 0 Å². The Kier molecular flexibility index (Phi) is 7.98. The minimum Gasteiger partial charge on any atom is -0.381 e. The molecule has 1 aliphatic rings. The third kappa shape index (κ3) is 5.46. The summed E-state index contributed by atoms with van der Waals surface area (Å²) < 4.78 is 6.41. The van der Waals surface area contributed by atoms with Gasteiger partial charge in [0.2, 0.25) is 11.8 Å². The predicted octanol–water partition coefficient (Wildman–Crippen LogP) is 1.07. The van der Waals surface area contributed by atoms with Gasteiger partial charge in [-0.25, -0.2) is 0 Å². The minimum absolute atomic E-state index is 0. The molecule has 6 nitrogen and oxygen atoms in total. The number of nitrogens with two attached hydrogens (primary N) is 1. The van der Waals surface area contributed by atoms with Gasteiger partial charge >= 0.3 is 0 Å². The van der Waals surface area contributed by atoms with E-state index in [1.165, 1.54) is 0 Å². The first-order valence-electron chi connectivity index (χ1n) is 7.17. The monoisotopic (exact) mass is 405 g/mol. The minimum atomic E-state index is -0.455. The number of benzene rings is 1. The number of carbonyl (C=O) groups excluding carboxylic acids is 2. The van der Waals surface area contributed by atoms with Crippen molar-refractivity contribution in [2.45, 2.75) is 18.4 Å². The number of hydrogen-bond acceptors (Lipinski definition) is 4. The van der Waals surface area contributed by atoms with Crippen LogP contribution >= 0.6 is 28.3 Å². The molecule has 1 aromatic carbocycles. The van der Waals surface area contributed by atoms with Crippen molar-refractivity contribution < 1.29 is 14.3 Å². The fraction of sp³-hybridized carbons (Fsp3) is 0.467. The first-order chi connectivity index (χ1) is 10.6. The first kappa shape index (κ1) is 19.9. The van der Waals surface area contributed by atoms with Gasteiger partial charge in [0.1, 0.15) is 0 Å². The summed E-state index contributed by atoms with van der Waals surface area (Å²) >= 11 is 3.42. The van der Waals surface area contributed by atoms with Crippen LogP contribution < -0.4 is 16.4 Å². The highest BCUT2D eigenvalue weighted by molar-refractivity contribution is 9.10. The Balaban J connectivity index is 0.00000264. The van der Waals surface area contributed by atoms with E-state index in [9.17, 15) is 9.59 Å². The molecule has 0 atom stereocenters. The van der Waals surface area contributed by atoms with Gasteiger partial charge in [0.05, 0.1) is 18.6 Å². The zero-order valence-corrected chi connectivity index (χ0v) is 15.0. The molecule has 1 heterocycles. The summed E-state index contributed by atoms with van der Waals surface area (Å²) in [5, 5.41) is 5.54. The molecule has 0 bridgehead atoms. The maximum Gasteiger partial charge on any atom is 0.240 e. The van der Waals surface area contributed by atoms with E-state index in [0.29, 0.717) is 26.1 Å². The van der Waals surface area contributed by atoms with E-state index < -0.39 is 5.54 Å². The SMILES string of the molecule is Cl.NCC(=O)NCC(=O)NC1(c2ccc(Br)cc2)CCOCC1. The molecular weight excluding hydrogens is 386 g/mol. The Morgan fingerprint density at radius 2 is 1.78 bits per heavy atom. The van der Waals surface area contributed by atoms with Crippen molar-refractivity contribution in [2.24, 2.45) is 5.73 Å². The van der Waals surface area contributed by atoms with Crippen LogP contribution in [-0.4, -0.2) is 38.1 Å². The Morgan fingerprint density at radius 3 is 2.35 bits per heavy atom. The standard InChI is InChI=1S/C15H20BrN3O3.ClH/c16-12-3-1-11(2-4-12)15(5-7-22-8-6-15)19-14(21)10-18-13(20)9-17;/h1-4H,5-10,17H2,(H,18,20)(H,19,21);1H. The van der Waals surface area contributed by atoms with Gasteiger partial charge in [-0.1, -0.05) is 28.1 Å². The zero-order chi connectivity index (χ0) is 16.0. The average molecular weight is 407 g/mol. The van der Waals surface area contributed by atoms with Crippen LogP contribution in [0.2, 0.25) is 0 Å². The van der Waals surface area contributed by atoms with Crippen molar-refractivity contribution >= 4 is 40.2 Å². The Hall–Kier alpha value is -1.15. The van der Waals surface area contributed by atoms with E-state index in [0.717, 1.165) is 10.0 Å². The quantitative estimate of drug-likeness (QED) is 0.682. The summed E-state index contributed by atoms with van der Waals surface area (Å²) in [5.41, 5.74) is 5.79. The lowest BCUT2D eigenvalue weighted by Crippen LogP contribution is -2.52. The third-order valence-corrected chi connectivity index (χ3v) is 4.28. The van der Waals surface area contributed by atoms with Gasteiger partial charge in [-0.05, 0) is 30.5 Å². The average Bonchev–Trinajstić information content (AvgIpc) is 2.54. The summed E-state index contributed by atoms with van der Waals surface area (Å²) in [6.45, 7) is 0.977. The number of halogens is 2. The van der Waals surface area contributed by atoms with Crippen LogP contribution in [0.1, 0.15) is 18.4 Å². The van der Waals surface area contributed by atoms with Crippen molar-refractivity contribution in [1.29, 1.82) is 0 Å². The molecule has 0 radical (unpaired) electrons. The molecule has 1 saturated heterocycles. The van der Waals surface area contributed by atoms with Crippen LogP contribution in [0.5, 0.6) is 0 Å². The van der Waals surface area contributed by atoms with E-state index in [-0.39, 0.29) is 37.3 Å². The smallest absolute Gasteiger partial charge is 0.240 e. The van der Waals surface area contributed by atoms with E-state index >= 15 is 0 Å². The van der Waals surface area contributed by atoms with Crippen LogP contribution in [0, 0.1) is 0 Å². The lowest BCUT2D eigenvalue weighted by molar-refractivity contribution is -0.127. The van der Waals surface area contributed by atoms with Gasteiger partial charge < -0.3 is 21.1 Å². The molecule has 23 heavy (non-hydrogen) atoms. The maximum atomic E-state index is 12.2. The molecule has 2 rings (SSSR count). The number of carbonyl (C=O) groups is 2. The summed E-state index contributed by atoms with van der Waals surface area (Å²) in [6.07, 6.45) is 1.40. The van der Waals surface area contributed by atoms with Crippen LogP contribution in [0.25, 0.3) is 0 Å². The zero-order valence-electron chi connectivity index (χ0n) is 12.6. The molecule has 0 aromatic heterocycles. The predicted molar refractivity (Wildman–Crippen MR) is 93.3 cm³/mol. The van der Waals surface area contributed by atoms with Gasteiger partial charge in [0, 0.05) is 17.7 Å². The van der Waals surface area contributed by atoms with E-state index in [1.807, 2.05) is 24.3 Å². The normalized spacial score (nSPS) is 16.1. The number of amides is 2. The number of ether oxygens (including phenoxy) is 1. The molecule has 1 fully saturated rings. The second-order valence-electron chi connectivity index (χ2n) is 5.23. The van der Waals surface area contributed by atoms with Gasteiger partial charge in [-0.3, -0.25) is 9.59 Å². The van der Waals surface area contributed by atoms with Gasteiger partial charge in [0.15, 0.2) is 0 Å². The molecule has 1 aliphatic heterocycles. The Labute approximate surface area is 150 Å². The molecule has 0 spiro atoms. The fourth-order valence-corrected chi connectivity index (χ4v) is 2.80. The molecule has 1 aromatic rings. The van der Waals surface area contributed by atoms with Gasteiger partial charge in [0.25, 0.3) is 0 Å². The summed E-state index contributed by atoms with van der Waals surface area (Å²) in [4.78, 5) is 23.3. The van der Waals surface area contributed by atoms with Crippen molar-refractivity contribution in [1.82, 2.24) is 10.6 Å². The highest BCUT2D eigenvalue weighted by Crippen LogP contribution is 2.32. The maximum absolute atomic E-state index is 12.2. The molecule has 8 heteroatoms. The second kappa shape index (κ2) is 9.22. The lowest BCUT2D eigenvalue weighted by atomic mass is 9.82. The van der Waals surface area contributed by atoms with Crippen molar-refractivity contribution in [3.8, 4) is 0 Å². The van der Waals surface area contributed by atoms with Crippen molar-refractivity contribution in [3.05, 3.63) is 34.3 Å². The van der Waals surface area contributed by atoms with Crippen LogP contribution in [0.4, 0.5) is 0 Å². The first-order valence-corrected chi connectivity index (χ1v) is 7.96. The fourth-order valence-electron chi connectivity index (χ4n) is 2.54. The summed E-state index contributed by atoms with van der Waals surface area (Å²) in [5.74, 6) is -0.577. The van der Waals surface area contributed by atoms with Crippen LogP contribution in [0.3, 0.4) is 0 Å². The largest absolute Gasteiger partial charge is 0.381 e. The topological polar surface area (TPSA) is 93.5 Å². The molecule has 2 amide bonds.